The molecule has 3 N–H and O–H groups in total. The average molecular weight is 173 g/mol. The minimum absolute atomic E-state index is 0.0613. The number of hydrogen-bond acceptors (Lipinski definition) is 4. The number of hydrogen-bond donors (Lipinski definition) is 3. The van der Waals surface area contributed by atoms with Crippen molar-refractivity contribution in [1.82, 2.24) is 4.90 Å². The Morgan fingerprint density at radius 1 is 1.00 bits per heavy atom. The molecule has 2 aliphatic heterocycles. The number of aliphatic hydroxyl groups is 3. The van der Waals surface area contributed by atoms with E-state index in [1.54, 1.807) is 0 Å². The SMILES string of the molecule is CN1[C@@H]2CC(O)C[C@H]1C(O)C2O. The Kier molecular flexibility index (Phi) is 1.88. The van der Waals surface area contributed by atoms with Gasteiger partial charge in [0.25, 0.3) is 0 Å². The number of likely N-dealkylation sites (N-methyl/N-ethyl adjacent to an activating group) is 1. The molecule has 0 aromatic rings. The minimum Gasteiger partial charge on any atom is -0.393 e. The summed E-state index contributed by atoms with van der Waals surface area (Å²) in [4.78, 5) is 1.97. The monoisotopic (exact) mass is 173 g/mol. The summed E-state index contributed by atoms with van der Waals surface area (Å²) >= 11 is 0. The Morgan fingerprint density at radius 2 is 1.42 bits per heavy atom. The number of nitrogens with zero attached hydrogens (tertiary/aromatic N) is 1. The third-order valence-corrected chi connectivity index (χ3v) is 3.21. The highest BCUT2D eigenvalue weighted by molar-refractivity contribution is 5.04. The van der Waals surface area contributed by atoms with Gasteiger partial charge in [-0.05, 0) is 19.9 Å². The average Bonchev–Trinajstić information content (AvgIpc) is 2.21. The normalized spacial score (nSPS) is 54.5. The zero-order valence-corrected chi connectivity index (χ0v) is 7.09. The van der Waals surface area contributed by atoms with Crippen molar-refractivity contribution in [2.75, 3.05) is 7.05 Å². The lowest BCUT2D eigenvalue weighted by molar-refractivity contribution is 0.0279. The van der Waals surface area contributed by atoms with Crippen LogP contribution in [-0.4, -0.2) is 57.7 Å². The van der Waals surface area contributed by atoms with Gasteiger partial charge in [-0.3, -0.25) is 4.90 Å². The lowest BCUT2D eigenvalue weighted by Gasteiger charge is -2.33. The van der Waals surface area contributed by atoms with Gasteiger partial charge in [0.15, 0.2) is 0 Å². The molecule has 0 radical (unpaired) electrons. The van der Waals surface area contributed by atoms with Crippen molar-refractivity contribution in [3.63, 3.8) is 0 Å². The molecule has 2 bridgehead atoms. The summed E-state index contributed by atoms with van der Waals surface area (Å²) in [7, 11) is 1.89. The van der Waals surface area contributed by atoms with Gasteiger partial charge in [-0.25, -0.2) is 0 Å². The van der Waals surface area contributed by atoms with E-state index >= 15 is 0 Å². The maximum Gasteiger partial charge on any atom is 0.0970 e. The Morgan fingerprint density at radius 3 is 1.83 bits per heavy atom. The predicted molar refractivity (Wildman–Crippen MR) is 42.6 cm³/mol. The van der Waals surface area contributed by atoms with Crippen molar-refractivity contribution >= 4 is 0 Å². The number of piperidine rings is 1. The van der Waals surface area contributed by atoms with E-state index < -0.39 is 12.2 Å². The molecule has 70 valence electrons. The van der Waals surface area contributed by atoms with E-state index in [9.17, 15) is 15.3 Å². The van der Waals surface area contributed by atoms with Gasteiger partial charge >= 0.3 is 0 Å². The molecule has 0 aromatic carbocycles. The van der Waals surface area contributed by atoms with Gasteiger partial charge in [0.05, 0.1) is 18.3 Å². The first-order valence-electron chi connectivity index (χ1n) is 4.37. The molecule has 0 aliphatic carbocycles. The summed E-state index contributed by atoms with van der Waals surface area (Å²) in [5.41, 5.74) is 0. The van der Waals surface area contributed by atoms with Gasteiger partial charge < -0.3 is 15.3 Å². The second-order valence-corrected chi connectivity index (χ2v) is 3.91. The van der Waals surface area contributed by atoms with Gasteiger partial charge in [-0.15, -0.1) is 0 Å². The molecule has 2 rings (SSSR count). The fourth-order valence-corrected chi connectivity index (χ4v) is 2.45. The molecule has 4 heteroatoms. The smallest absolute Gasteiger partial charge is 0.0970 e. The van der Waals surface area contributed by atoms with Crippen LogP contribution in [0.2, 0.25) is 0 Å². The van der Waals surface area contributed by atoms with Crippen molar-refractivity contribution in [1.29, 1.82) is 0 Å². The second-order valence-electron chi connectivity index (χ2n) is 3.91. The Bertz CT molecular complexity index is 161. The highest BCUT2D eigenvalue weighted by atomic mass is 16.3. The number of rotatable bonds is 0. The summed E-state index contributed by atoms with van der Waals surface area (Å²) < 4.78 is 0. The van der Waals surface area contributed by atoms with Crippen LogP contribution in [0.25, 0.3) is 0 Å². The van der Waals surface area contributed by atoms with Crippen molar-refractivity contribution in [2.45, 2.75) is 43.2 Å². The Hall–Kier alpha value is -0.160. The van der Waals surface area contributed by atoms with E-state index in [-0.39, 0.29) is 18.2 Å². The molecule has 2 aliphatic rings. The summed E-state index contributed by atoms with van der Waals surface area (Å²) in [5, 5.41) is 28.5. The van der Waals surface area contributed by atoms with Gasteiger partial charge in [-0.1, -0.05) is 0 Å². The molecule has 0 amide bonds. The maximum absolute atomic E-state index is 9.55. The molecule has 4 nitrogen and oxygen atoms in total. The highest BCUT2D eigenvalue weighted by Gasteiger charge is 2.49. The van der Waals surface area contributed by atoms with Crippen LogP contribution >= 0.6 is 0 Å². The van der Waals surface area contributed by atoms with E-state index in [0.717, 1.165) is 0 Å². The van der Waals surface area contributed by atoms with Crippen LogP contribution in [0.15, 0.2) is 0 Å². The summed E-state index contributed by atoms with van der Waals surface area (Å²) in [5.74, 6) is 0. The molecular weight excluding hydrogens is 158 g/mol. The molecule has 5 atom stereocenters. The first-order valence-corrected chi connectivity index (χ1v) is 4.37. The summed E-state index contributed by atoms with van der Waals surface area (Å²) in [6, 6.07) is -0.123. The van der Waals surface area contributed by atoms with Crippen molar-refractivity contribution < 1.29 is 15.3 Å². The van der Waals surface area contributed by atoms with E-state index in [1.165, 1.54) is 0 Å². The molecule has 12 heavy (non-hydrogen) atoms. The van der Waals surface area contributed by atoms with E-state index in [4.69, 9.17) is 0 Å². The van der Waals surface area contributed by atoms with E-state index in [0.29, 0.717) is 12.8 Å². The van der Waals surface area contributed by atoms with Crippen LogP contribution in [0, 0.1) is 0 Å². The molecule has 2 fully saturated rings. The fraction of sp³-hybridized carbons (Fsp3) is 1.00. The van der Waals surface area contributed by atoms with Crippen molar-refractivity contribution in [3.8, 4) is 0 Å². The lowest BCUT2D eigenvalue weighted by Crippen LogP contribution is -2.44. The van der Waals surface area contributed by atoms with Crippen molar-refractivity contribution in [3.05, 3.63) is 0 Å². The molecule has 2 saturated heterocycles. The van der Waals surface area contributed by atoms with Crippen LogP contribution in [0.3, 0.4) is 0 Å². The third-order valence-electron chi connectivity index (χ3n) is 3.21. The van der Waals surface area contributed by atoms with Gasteiger partial charge in [0.2, 0.25) is 0 Å². The zero-order chi connectivity index (χ0) is 8.88. The minimum atomic E-state index is -0.683. The van der Waals surface area contributed by atoms with Crippen LogP contribution < -0.4 is 0 Å². The molecule has 0 spiro atoms. The van der Waals surface area contributed by atoms with Gasteiger partial charge in [0, 0.05) is 12.1 Å². The first-order chi connectivity index (χ1) is 5.61. The number of aliphatic hydroxyl groups excluding tert-OH is 3. The topological polar surface area (TPSA) is 63.9 Å². The molecule has 3 unspecified atom stereocenters. The Labute approximate surface area is 71.4 Å². The van der Waals surface area contributed by atoms with Gasteiger partial charge in [-0.2, -0.15) is 0 Å². The quantitative estimate of drug-likeness (QED) is 0.419. The van der Waals surface area contributed by atoms with E-state index in [2.05, 4.69) is 0 Å². The van der Waals surface area contributed by atoms with E-state index in [1.807, 2.05) is 11.9 Å². The second kappa shape index (κ2) is 2.67. The number of fused-ring (bicyclic) bond motifs is 2. The van der Waals surface area contributed by atoms with Crippen LogP contribution in [0.4, 0.5) is 0 Å². The molecule has 0 saturated carbocycles. The lowest BCUT2D eigenvalue weighted by atomic mass is 10.0. The highest BCUT2D eigenvalue weighted by Crippen LogP contribution is 2.34. The van der Waals surface area contributed by atoms with Gasteiger partial charge in [0.1, 0.15) is 0 Å². The Balaban J connectivity index is 2.21. The zero-order valence-electron chi connectivity index (χ0n) is 7.09. The first kappa shape index (κ1) is 8.44. The van der Waals surface area contributed by atoms with Crippen molar-refractivity contribution in [2.24, 2.45) is 0 Å². The summed E-state index contributed by atoms with van der Waals surface area (Å²) in [6.07, 6.45) is -0.575. The summed E-state index contributed by atoms with van der Waals surface area (Å²) in [6.45, 7) is 0. The third kappa shape index (κ3) is 0.992. The standard InChI is InChI=1S/C8H15NO3/c1-9-5-2-4(10)3-6(9)8(12)7(5)11/h4-8,10-12H,2-3H2,1H3/t4?,5-,6+,7?,8?. The molecular formula is C8H15NO3. The van der Waals surface area contributed by atoms with Crippen LogP contribution in [0.5, 0.6) is 0 Å². The molecule has 2 heterocycles. The molecule has 0 aromatic heterocycles. The largest absolute Gasteiger partial charge is 0.393 e. The van der Waals surface area contributed by atoms with Crippen LogP contribution in [0.1, 0.15) is 12.8 Å². The van der Waals surface area contributed by atoms with Crippen LogP contribution in [-0.2, 0) is 0 Å². The predicted octanol–water partition coefficient (Wildman–Crippen LogP) is -1.45. The maximum atomic E-state index is 9.55. The fourth-order valence-electron chi connectivity index (χ4n) is 2.45.